The lowest BCUT2D eigenvalue weighted by Gasteiger charge is -2.12. The third kappa shape index (κ3) is 4.43. The summed E-state index contributed by atoms with van der Waals surface area (Å²) in [6.45, 7) is 2.31. The molecule has 0 amide bonds. The summed E-state index contributed by atoms with van der Waals surface area (Å²) in [4.78, 5) is 4.43. The standard InChI is InChI=1S/C12H11F3N2S2/c1-8-17-9(7-18-8)6-16-10-4-2-3-5-11(10)19-12(13,14)15/h2-5,7,16H,6H2,1H3. The van der Waals surface area contributed by atoms with Crippen molar-refractivity contribution in [2.75, 3.05) is 5.32 Å². The monoisotopic (exact) mass is 304 g/mol. The topological polar surface area (TPSA) is 24.9 Å². The largest absolute Gasteiger partial charge is 0.446 e. The summed E-state index contributed by atoms with van der Waals surface area (Å²) in [5.74, 6) is 0. The van der Waals surface area contributed by atoms with Crippen molar-refractivity contribution in [3.8, 4) is 0 Å². The first-order chi connectivity index (χ1) is 8.94. The lowest BCUT2D eigenvalue weighted by Crippen LogP contribution is -2.04. The first-order valence-corrected chi connectivity index (χ1v) is 7.13. The highest BCUT2D eigenvalue weighted by Gasteiger charge is 2.30. The number of thioether (sulfide) groups is 1. The van der Waals surface area contributed by atoms with Crippen molar-refractivity contribution in [1.82, 2.24) is 4.98 Å². The van der Waals surface area contributed by atoms with Crippen molar-refractivity contribution in [2.24, 2.45) is 0 Å². The quantitative estimate of drug-likeness (QED) is 0.831. The van der Waals surface area contributed by atoms with Crippen LogP contribution in [0.4, 0.5) is 18.9 Å². The molecule has 7 heteroatoms. The molecule has 1 aromatic heterocycles. The van der Waals surface area contributed by atoms with Gasteiger partial charge in [0.05, 0.1) is 17.2 Å². The Bertz CT molecular complexity index is 552. The summed E-state index contributed by atoms with van der Waals surface area (Å²) in [5.41, 5.74) is -2.99. The van der Waals surface area contributed by atoms with Crippen molar-refractivity contribution in [3.05, 3.63) is 40.3 Å². The molecule has 0 saturated heterocycles. The number of rotatable bonds is 4. The van der Waals surface area contributed by atoms with E-state index in [9.17, 15) is 13.2 Å². The Morgan fingerprint density at radius 2 is 2.05 bits per heavy atom. The average molecular weight is 304 g/mol. The molecule has 0 atom stereocenters. The second-order valence-corrected chi connectivity index (χ2v) is 5.92. The van der Waals surface area contributed by atoms with Crippen LogP contribution in [0.1, 0.15) is 10.7 Å². The smallest absolute Gasteiger partial charge is 0.378 e. The number of aryl methyl sites for hydroxylation is 1. The lowest BCUT2D eigenvalue weighted by atomic mass is 10.3. The van der Waals surface area contributed by atoms with Crippen LogP contribution in [0, 0.1) is 6.92 Å². The molecule has 1 heterocycles. The third-order valence-corrected chi connectivity index (χ3v) is 3.87. The maximum atomic E-state index is 12.4. The minimum Gasteiger partial charge on any atom is -0.378 e. The molecule has 1 aromatic carbocycles. The summed E-state index contributed by atoms with van der Waals surface area (Å²) in [6, 6.07) is 6.38. The number of hydrogen-bond donors (Lipinski definition) is 1. The second-order valence-electron chi connectivity index (χ2n) is 3.76. The van der Waals surface area contributed by atoms with E-state index in [0.717, 1.165) is 10.7 Å². The van der Waals surface area contributed by atoms with Crippen LogP contribution in [0.3, 0.4) is 0 Å². The minimum absolute atomic E-state index is 0.113. The number of hydrogen-bond acceptors (Lipinski definition) is 4. The van der Waals surface area contributed by atoms with Crippen LogP contribution in [0.5, 0.6) is 0 Å². The fourth-order valence-corrected chi connectivity index (χ4v) is 2.76. The summed E-state index contributed by atoms with van der Waals surface area (Å²) in [6.07, 6.45) is 0. The predicted octanol–water partition coefficient (Wildman–Crippen LogP) is 4.68. The molecule has 2 nitrogen and oxygen atoms in total. The summed E-state index contributed by atoms with van der Waals surface area (Å²) < 4.78 is 37.2. The molecule has 19 heavy (non-hydrogen) atoms. The normalized spacial score (nSPS) is 11.6. The summed E-state index contributed by atoms with van der Waals surface area (Å²) in [7, 11) is 0. The second kappa shape index (κ2) is 5.83. The first-order valence-electron chi connectivity index (χ1n) is 5.44. The van der Waals surface area contributed by atoms with E-state index in [2.05, 4.69) is 10.3 Å². The number of nitrogens with zero attached hydrogens (tertiary/aromatic N) is 1. The maximum Gasteiger partial charge on any atom is 0.446 e. The molecule has 0 unspecified atom stereocenters. The Morgan fingerprint density at radius 1 is 1.32 bits per heavy atom. The van der Waals surface area contributed by atoms with Gasteiger partial charge in [0.1, 0.15) is 0 Å². The molecular weight excluding hydrogens is 293 g/mol. The SMILES string of the molecule is Cc1nc(CNc2ccccc2SC(F)(F)F)cs1. The van der Waals surface area contributed by atoms with E-state index in [1.165, 1.54) is 17.4 Å². The van der Waals surface area contributed by atoms with Gasteiger partial charge in [-0.25, -0.2) is 4.98 Å². The number of nitrogens with one attached hydrogen (secondary N) is 1. The zero-order valence-corrected chi connectivity index (χ0v) is 11.6. The number of thiazole rings is 1. The number of para-hydroxylation sites is 1. The highest BCUT2D eigenvalue weighted by Crippen LogP contribution is 2.40. The van der Waals surface area contributed by atoms with Crippen molar-refractivity contribution < 1.29 is 13.2 Å². The average Bonchev–Trinajstić information content (AvgIpc) is 2.72. The Balaban J connectivity index is 2.07. The van der Waals surface area contributed by atoms with E-state index >= 15 is 0 Å². The zero-order chi connectivity index (χ0) is 13.9. The Kier molecular flexibility index (Phi) is 4.36. The predicted molar refractivity (Wildman–Crippen MR) is 72.5 cm³/mol. The van der Waals surface area contributed by atoms with E-state index in [-0.39, 0.29) is 16.7 Å². The van der Waals surface area contributed by atoms with Gasteiger partial charge in [0.15, 0.2) is 0 Å². The lowest BCUT2D eigenvalue weighted by molar-refractivity contribution is -0.0327. The van der Waals surface area contributed by atoms with Gasteiger partial charge in [0.25, 0.3) is 0 Å². The summed E-state index contributed by atoms with van der Waals surface area (Å²) in [5, 5.41) is 5.82. The number of alkyl halides is 3. The first kappa shape index (κ1) is 14.2. The third-order valence-electron chi connectivity index (χ3n) is 2.24. The number of benzene rings is 1. The van der Waals surface area contributed by atoms with Crippen molar-refractivity contribution in [3.63, 3.8) is 0 Å². The molecule has 0 aliphatic rings. The van der Waals surface area contributed by atoms with Crippen molar-refractivity contribution in [1.29, 1.82) is 0 Å². The fourth-order valence-electron chi connectivity index (χ4n) is 1.50. The highest BCUT2D eigenvalue weighted by molar-refractivity contribution is 8.00. The number of aromatic nitrogens is 1. The maximum absolute atomic E-state index is 12.4. The summed E-state index contributed by atoms with van der Waals surface area (Å²) >= 11 is 1.40. The minimum atomic E-state index is -4.28. The van der Waals surface area contributed by atoms with Crippen LogP contribution >= 0.6 is 23.1 Å². The van der Waals surface area contributed by atoms with Gasteiger partial charge in [0.2, 0.25) is 0 Å². The van der Waals surface area contributed by atoms with Gasteiger partial charge in [-0.2, -0.15) is 13.2 Å². The number of anilines is 1. The van der Waals surface area contributed by atoms with Gasteiger partial charge >= 0.3 is 5.51 Å². The van der Waals surface area contributed by atoms with Gasteiger partial charge in [-0.1, -0.05) is 12.1 Å². The molecule has 0 saturated carbocycles. The van der Waals surface area contributed by atoms with Crippen molar-refractivity contribution in [2.45, 2.75) is 23.9 Å². The van der Waals surface area contributed by atoms with Gasteiger partial charge in [-0.3, -0.25) is 0 Å². The number of halogens is 3. The van der Waals surface area contributed by atoms with Crippen LogP contribution in [-0.2, 0) is 6.54 Å². The molecular formula is C12H11F3N2S2. The fraction of sp³-hybridized carbons (Fsp3) is 0.250. The molecule has 0 radical (unpaired) electrons. The van der Waals surface area contributed by atoms with Crippen LogP contribution in [0.25, 0.3) is 0 Å². The van der Waals surface area contributed by atoms with Crippen LogP contribution in [-0.4, -0.2) is 10.5 Å². The van der Waals surface area contributed by atoms with Gasteiger partial charge in [-0.15, -0.1) is 11.3 Å². The molecule has 102 valence electrons. The molecule has 1 N–H and O–H groups in total. The molecule has 0 bridgehead atoms. The molecule has 0 fully saturated rings. The Hall–Kier alpha value is -1.21. The van der Waals surface area contributed by atoms with Gasteiger partial charge in [0, 0.05) is 16.0 Å². The van der Waals surface area contributed by atoms with E-state index in [0.29, 0.717) is 12.2 Å². The van der Waals surface area contributed by atoms with Crippen LogP contribution < -0.4 is 5.32 Å². The van der Waals surface area contributed by atoms with E-state index < -0.39 is 5.51 Å². The molecule has 0 spiro atoms. The molecule has 0 aliphatic carbocycles. The highest BCUT2D eigenvalue weighted by atomic mass is 32.2. The van der Waals surface area contributed by atoms with E-state index in [1.807, 2.05) is 12.3 Å². The van der Waals surface area contributed by atoms with Crippen molar-refractivity contribution >= 4 is 28.8 Å². The van der Waals surface area contributed by atoms with E-state index in [1.54, 1.807) is 18.2 Å². The zero-order valence-electron chi connectivity index (χ0n) is 9.99. The van der Waals surface area contributed by atoms with Gasteiger partial charge in [-0.05, 0) is 30.8 Å². The van der Waals surface area contributed by atoms with Crippen LogP contribution in [0.15, 0.2) is 34.5 Å². The van der Waals surface area contributed by atoms with E-state index in [4.69, 9.17) is 0 Å². The molecule has 2 aromatic rings. The Morgan fingerprint density at radius 3 is 2.68 bits per heavy atom. The van der Waals surface area contributed by atoms with Gasteiger partial charge < -0.3 is 5.32 Å². The molecule has 2 rings (SSSR count). The van der Waals surface area contributed by atoms with Crippen LogP contribution in [0.2, 0.25) is 0 Å². The molecule has 0 aliphatic heterocycles. The Labute approximate surface area is 117 Å².